The maximum Gasteiger partial charge on any atom is 0.254 e. The maximum atomic E-state index is 14.3. The molecule has 0 spiro atoms. The summed E-state index contributed by atoms with van der Waals surface area (Å²) in [6, 6.07) is 12.4. The first-order valence-electron chi connectivity index (χ1n) is 9.87. The Morgan fingerprint density at radius 3 is 2.71 bits per heavy atom. The van der Waals surface area contributed by atoms with Crippen molar-refractivity contribution in [2.75, 3.05) is 26.3 Å². The van der Waals surface area contributed by atoms with Crippen LogP contribution in [0.1, 0.15) is 10.4 Å². The molecule has 0 bridgehead atoms. The summed E-state index contributed by atoms with van der Waals surface area (Å²) in [6.45, 7) is 2.19. The van der Waals surface area contributed by atoms with Crippen LogP contribution in [0.25, 0.3) is 33.4 Å². The lowest BCUT2D eigenvalue weighted by Gasteiger charge is -2.27. The van der Waals surface area contributed by atoms with Gasteiger partial charge in [0.15, 0.2) is 5.65 Å². The number of aromatic amines is 1. The van der Waals surface area contributed by atoms with Crippen molar-refractivity contribution in [1.82, 2.24) is 20.1 Å². The van der Waals surface area contributed by atoms with Crippen molar-refractivity contribution in [3.8, 4) is 22.4 Å². The van der Waals surface area contributed by atoms with E-state index in [-0.39, 0.29) is 11.5 Å². The third kappa shape index (κ3) is 3.66. The highest BCUT2D eigenvalue weighted by Crippen LogP contribution is 2.31. The topological polar surface area (TPSA) is 71.1 Å². The summed E-state index contributed by atoms with van der Waals surface area (Å²) in [5, 5.41) is 7.43. The molecular formula is C23H18F2N4O2. The van der Waals surface area contributed by atoms with Crippen molar-refractivity contribution in [1.29, 1.82) is 0 Å². The van der Waals surface area contributed by atoms with Gasteiger partial charge in [-0.15, -0.1) is 0 Å². The molecule has 31 heavy (non-hydrogen) atoms. The number of pyridine rings is 1. The Kier molecular flexibility index (Phi) is 4.91. The predicted molar refractivity (Wildman–Crippen MR) is 111 cm³/mol. The highest BCUT2D eigenvalue weighted by atomic mass is 19.1. The van der Waals surface area contributed by atoms with Crippen LogP contribution in [0.5, 0.6) is 0 Å². The molecule has 4 aromatic rings. The van der Waals surface area contributed by atoms with E-state index in [9.17, 15) is 13.6 Å². The number of carbonyl (C=O) groups is 1. The van der Waals surface area contributed by atoms with Gasteiger partial charge in [-0.1, -0.05) is 12.1 Å². The number of morpholine rings is 1. The number of halogens is 2. The van der Waals surface area contributed by atoms with Gasteiger partial charge in [-0.2, -0.15) is 5.10 Å². The fourth-order valence-corrected chi connectivity index (χ4v) is 3.73. The number of hydrogen-bond donors (Lipinski definition) is 1. The number of aromatic nitrogens is 3. The number of H-pyrrole nitrogens is 1. The second-order valence-corrected chi connectivity index (χ2v) is 7.30. The minimum absolute atomic E-state index is 0.0509. The zero-order valence-corrected chi connectivity index (χ0v) is 16.4. The third-order valence-electron chi connectivity index (χ3n) is 5.35. The summed E-state index contributed by atoms with van der Waals surface area (Å²) in [4.78, 5) is 18.9. The quantitative estimate of drug-likeness (QED) is 0.543. The number of nitrogens with zero attached hydrogens (tertiary/aromatic N) is 3. The Hall–Kier alpha value is -3.65. The van der Waals surface area contributed by atoms with Crippen LogP contribution in [0.15, 0.2) is 54.7 Å². The first-order valence-corrected chi connectivity index (χ1v) is 9.87. The SMILES string of the molecule is O=C(c1cccc(-c2cnc3n[nH]c(-c4cc(F)ccc4F)c3c2)c1)N1CCOCC1. The van der Waals surface area contributed by atoms with Gasteiger partial charge in [-0.05, 0) is 42.0 Å². The second kappa shape index (κ2) is 7.88. The summed E-state index contributed by atoms with van der Waals surface area (Å²) in [6.07, 6.45) is 1.65. The van der Waals surface area contributed by atoms with Gasteiger partial charge >= 0.3 is 0 Å². The van der Waals surface area contributed by atoms with Gasteiger partial charge in [0.05, 0.1) is 18.9 Å². The zero-order valence-electron chi connectivity index (χ0n) is 16.4. The zero-order chi connectivity index (χ0) is 21.4. The Labute approximate surface area is 176 Å². The van der Waals surface area contributed by atoms with Crippen LogP contribution in [-0.4, -0.2) is 52.3 Å². The minimum Gasteiger partial charge on any atom is -0.378 e. The van der Waals surface area contributed by atoms with Crippen molar-refractivity contribution < 1.29 is 18.3 Å². The Bertz CT molecular complexity index is 1280. The average Bonchev–Trinajstić information content (AvgIpc) is 3.24. The van der Waals surface area contributed by atoms with E-state index in [1.165, 1.54) is 0 Å². The monoisotopic (exact) mass is 420 g/mol. The van der Waals surface area contributed by atoms with Gasteiger partial charge in [0.2, 0.25) is 0 Å². The Morgan fingerprint density at radius 2 is 1.87 bits per heavy atom. The Balaban J connectivity index is 1.54. The first kappa shape index (κ1) is 19.3. The molecule has 1 N–H and O–H groups in total. The van der Waals surface area contributed by atoms with Crippen LogP contribution in [0.2, 0.25) is 0 Å². The van der Waals surface area contributed by atoms with Crippen LogP contribution >= 0.6 is 0 Å². The average molecular weight is 420 g/mol. The second-order valence-electron chi connectivity index (χ2n) is 7.30. The van der Waals surface area contributed by atoms with E-state index >= 15 is 0 Å². The van der Waals surface area contributed by atoms with E-state index in [0.29, 0.717) is 48.6 Å². The molecule has 1 aliphatic rings. The molecule has 0 aliphatic carbocycles. The molecule has 0 saturated carbocycles. The van der Waals surface area contributed by atoms with E-state index in [2.05, 4.69) is 15.2 Å². The number of ether oxygens (including phenoxy) is 1. The van der Waals surface area contributed by atoms with Crippen molar-refractivity contribution in [2.45, 2.75) is 0 Å². The van der Waals surface area contributed by atoms with E-state index < -0.39 is 11.6 Å². The van der Waals surface area contributed by atoms with E-state index in [0.717, 1.165) is 29.3 Å². The molecular weight excluding hydrogens is 402 g/mol. The van der Waals surface area contributed by atoms with Crippen LogP contribution < -0.4 is 0 Å². The standard InChI is InChI=1S/C23H18F2N4O2/c24-17-4-5-20(25)18(12-17)21-19-11-16(13-26-22(19)28-27-21)14-2-1-3-15(10-14)23(30)29-6-8-31-9-7-29/h1-5,10-13H,6-9H2,(H,26,27,28). The van der Waals surface area contributed by atoms with E-state index in [4.69, 9.17) is 4.74 Å². The molecule has 0 atom stereocenters. The molecule has 6 nitrogen and oxygen atoms in total. The number of nitrogens with one attached hydrogen (secondary N) is 1. The molecule has 1 amide bonds. The largest absolute Gasteiger partial charge is 0.378 e. The maximum absolute atomic E-state index is 14.3. The third-order valence-corrected chi connectivity index (χ3v) is 5.35. The van der Waals surface area contributed by atoms with Gasteiger partial charge in [0, 0.05) is 41.4 Å². The van der Waals surface area contributed by atoms with Crippen LogP contribution in [0.4, 0.5) is 8.78 Å². The number of rotatable bonds is 3. The molecule has 5 rings (SSSR count). The molecule has 8 heteroatoms. The van der Waals surface area contributed by atoms with Gasteiger partial charge in [-0.25, -0.2) is 13.8 Å². The number of hydrogen-bond acceptors (Lipinski definition) is 4. The molecule has 156 valence electrons. The first-order chi connectivity index (χ1) is 15.1. The van der Waals surface area contributed by atoms with Crippen molar-refractivity contribution in [3.05, 3.63) is 71.9 Å². The van der Waals surface area contributed by atoms with Gasteiger partial charge in [-0.3, -0.25) is 9.89 Å². The van der Waals surface area contributed by atoms with Crippen molar-refractivity contribution >= 4 is 16.9 Å². The summed E-state index contributed by atoms with van der Waals surface area (Å²) < 4.78 is 33.3. The normalized spacial score (nSPS) is 14.2. The van der Waals surface area contributed by atoms with Crippen molar-refractivity contribution in [3.63, 3.8) is 0 Å². The fraction of sp³-hybridized carbons (Fsp3) is 0.174. The number of amides is 1. The lowest BCUT2D eigenvalue weighted by molar-refractivity contribution is 0.0303. The molecule has 3 heterocycles. The fourth-order valence-electron chi connectivity index (χ4n) is 3.73. The summed E-state index contributed by atoms with van der Waals surface area (Å²) in [7, 11) is 0. The smallest absolute Gasteiger partial charge is 0.254 e. The van der Waals surface area contributed by atoms with Gasteiger partial charge in [0.1, 0.15) is 11.6 Å². The Morgan fingerprint density at radius 1 is 1.03 bits per heavy atom. The number of fused-ring (bicyclic) bond motifs is 1. The molecule has 0 unspecified atom stereocenters. The molecule has 0 radical (unpaired) electrons. The number of benzene rings is 2. The predicted octanol–water partition coefficient (Wildman–Crippen LogP) is 4.04. The lowest BCUT2D eigenvalue weighted by Crippen LogP contribution is -2.40. The van der Waals surface area contributed by atoms with E-state index in [1.54, 1.807) is 17.2 Å². The molecule has 1 aliphatic heterocycles. The summed E-state index contributed by atoms with van der Waals surface area (Å²) in [5.74, 6) is -1.15. The molecule has 1 fully saturated rings. The van der Waals surface area contributed by atoms with Crippen LogP contribution in [0, 0.1) is 11.6 Å². The van der Waals surface area contributed by atoms with E-state index in [1.807, 2.05) is 24.3 Å². The molecule has 1 saturated heterocycles. The van der Waals surface area contributed by atoms with Crippen molar-refractivity contribution in [2.24, 2.45) is 0 Å². The summed E-state index contributed by atoms with van der Waals surface area (Å²) in [5.41, 5.74) is 2.93. The van der Waals surface area contributed by atoms with Gasteiger partial charge in [0.25, 0.3) is 5.91 Å². The molecule has 2 aromatic carbocycles. The molecule has 2 aromatic heterocycles. The highest BCUT2D eigenvalue weighted by molar-refractivity contribution is 5.97. The van der Waals surface area contributed by atoms with Crippen LogP contribution in [0.3, 0.4) is 0 Å². The van der Waals surface area contributed by atoms with Gasteiger partial charge < -0.3 is 9.64 Å². The number of carbonyl (C=O) groups excluding carboxylic acids is 1. The summed E-state index contributed by atoms with van der Waals surface area (Å²) >= 11 is 0. The minimum atomic E-state index is -0.560. The highest BCUT2D eigenvalue weighted by Gasteiger charge is 2.19. The van der Waals surface area contributed by atoms with Crippen LogP contribution in [-0.2, 0) is 4.74 Å². The lowest BCUT2D eigenvalue weighted by atomic mass is 10.0.